The zero-order valence-electron chi connectivity index (χ0n) is 19.6. The molecule has 0 spiro atoms. The molecule has 3 aromatic rings. The van der Waals surface area contributed by atoms with E-state index in [1.54, 1.807) is 24.3 Å². The number of nitro benzene ring substituents is 1. The standard InChI is InChI=1S/C25H22ClNO8S/c1-33-20-12-22(34-2)21(23(13-20)35-3)14-24(25(28)17-6-10-19(11-7-17)27(29)30)36(31,32)15-16-4-8-18(26)9-5-16/h4-14H,15H2,1-3H3/b24-14+. The van der Waals surface area contributed by atoms with Gasteiger partial charge in [-0.05, 0) is 35.9 Å². The molecule has 0 N–H and O–H groups in total. The minimum absolute atomic E-state index is 0.0435. The number of nitro groups is 1. The molecule has 9 nitrogen and oxygen atoms in total. The van der Waals surface area contributed by atoms with Crippen LogP contribution in [0, 0.1) is 10.1 Å². The molecule has 0 bridgehead atoms. The number of halogens is 1. The van der Waals surface area contributed by atoms with Gasteiger partial charge in [0.15, 0.2) is 9.84 Å². The summed E-state index contributed by atoms with van der Waals surface area (Å²) >= 11 is 5.91. The van der Waals surface area contributed by atoms with E-state index in [2.05, 4.69) is 0 Å². The van der Waals surface area contributed by atoms with Crippen LogP contribution in [0.3, 0.4) is 0 Å². The van der Waals surface area contributed by atoms with Crippen LogP contribution in [0.1, 0.15) is 21.5 Å². The molecule has 36 heavy (non-hydrogen) atoms. The molecule has 188 valence electrons. The van der Waals surface area contributed by atoms with Gasteiger partial charge in [-0.15, -0.1) is 0 Å². The number of methoxy groups -OCH3 is 3. The smallest absolute Gasteiger partial charge is 0.269 e. The average molecular weight is 532 g/mol. The number of ketones is 1. The molecule has 3 rings (SSSR count). The lowest BCUT2D eigenvalue weighted by molar-refractivity contribution is -0.384. The van der Waals surface area contributed by atoms with Crippen molar-refractivity contribution < 1.29 is 32.3 Å². The highest BCUT2D eigenvalue weighted by Crippen LogP contribution is 2.37. The Kier molecular flexibility index (Phi) is 8.33. The van der Waals surface area contributed by atoms with Crippen molar-refractivity contribution in [2.45, 2.75) is 5.75 Å². The van der Waals surface area contributed by atoms with Crippen LogP contribution in [0.25, 0.3) is 6.08 Å². The molecule has 0 unspecified atom stereocenters. The summed E-state index contributed by atoms with van der Waals surface area (Å²) in [6.07, 6.45) is 1.17. The first-order chi connectivity index (χ1) is 17.1. The predicted molar refractivity (Wildman–Crippen MR) is 136 cm³/mol. The Balaban J connectivity index is 2.21. The summed E-state index contributed by atoms with van der Waals surface area (Å²) in [5.74, 6) is -0.522. The fourth-order valence-corrected chi connectivity index (χ4v) is 4.97. The number of sulfone groups is 1. The van der Waals surface area contributed by atoms with E-state index in [1.165, 1.54) is 51.7 Å². The van der Waals surface area contributed by atoms with Crippen molar-refractivity contribution in [1.82, 2.24) is 0 Å². The van der Waals surface area contributed by atoms with Crippen LogP contribution >= 0.6 is 11.6 Å². The highest BCUT2D eigenvalue weighted by molar-refractivity contribution is 7.95. The van der Waals surface area contributed by atoms with E-state index >= 15 is 0 Å². The quantitative estimate of drug-likeness (QED) is 0.153. The summed E-state index contributed by atoms with van der Waals surface area (Å²) in [4.78, 5) is 23.3. The molecule has 0 saturated carbocycles. The molecule has 0 atom stereocenters. The molecule has 0 fully saturated rings. The van der Waals surface area contributed by atoms with E-state index in [4.69, 9.17) is 25.8 Å². The fraction of sp³-hybridized carbons (Fsp3) is 0.160. The van der Waals surface area contributed by atoms with Gasteiger partial charge >= 0.3 is 0 Å². The van der Waals surface area contributed by atoms with Gasteiger partial charge in [-0.1, -0.05) is 23.7 Å². The maximum Gasteiger partial charge on any atom is 0.269 e. The molecule has 11 heteroatoms. The molecule has 0 saturated heterocycles. The molecule has 0 radical (unpaired) electrons. The van der Waals surface area contributed by atoms with Crippen molar-refractivity contribution in [3.8, 4) is 17.2 Å². The summed E-state index contributed by atoms with van der Waals surface area (Å²) in [5, 5.41) is 11.4. The number of hydrogen-bond donors (Lipinski definition) is 0. The summed E-state index contributed by atoms with van der Waals surface area (Å²) in [6.45, 7) is 0. The number of ether oxygens (including phenoxy) is 3. The lowest BCUT2D eigenvalue weighted by Crippen LogP contribution is -2.16. The van der Waals surface area contributed by atoms with Crippen LogP contribution in [-0.2, 0) is 15.6 Å². The molecular formula is C25H22ClNO8S. The van der Waals surface area contributed by atoms with Gasteiger partial charge in [0, 0.05) is 34.9 Å². The van der Waals surface area contributed by atoms with Crippen molar-refractivity contribution >= 4 is 39.0 Å². The van der Waals surface area contributed by atoms with E-state index in [-0.39, 0.29) is 28.3 Å². The van der Waals surface area contributed by atoms with E-state index in [9.17, 15) is 23.3 Å². The zero-order valence-corrected chi connectivity index (χ0v) is 21.1. The van der Waals surface area contributed by atoms with Crippen LogP contribution in [0.2, 0.25) is 5.02 Å². The third-order valence-corrected chi connectivity index (χ3v) is 7.14. The monoisotopic (exact) mass is 531 g/mol. The number of carbonyl (C=O) groups is 1. The lowest BCUT2D eigenvalue weighted by atomic mass is 10.1. The third-order valence-electron chi connectivity index (χ3n) is 5.20. The summed E-state index contributed by atoms with van der Waals surface area (Å²) < 4.78 is 43.2. The normalized spacial score (nSPS) is 11.6. The van der Waals surface area contributed by atoms with E-state index in [0.29, 0.717) is 16.3 Å². The van der Waals surface area contributed by atoms with Crippen LogP contribution in [-0.4, -0.2) is 40.5 Å². The summed E-state index contributed by atoms with van der Waals surface area (Å²) in [7, 11) is -0.0244. The zero-order chi connectivity index (χ0) is 26.5. The largest absolute Gasteiger partial charge is 0.496 e. The number of Topliss-reactive ketones (excluding diaryl/α,β-unsaturated/α-hetero) is 1. The van der Waals surface area contributed by atoms with Gasteiger partial charge < -0.3 is 14.2 Å². The minimum Gasteiger partial charge on any atom is -0.496 e. The summed E-state index contributed by atoms with van der Waals surface area (Å²) in [6, 6.07) is 13.9. The van der Waals surface area contributed by atoms with Gasteiger partial charge in [0.25, 0.3) is 5.69 Å². The van der Waals surface area contributed by atoms with Gasteiger partial charge in [0.05, 0.1) is 37.6 Å². The number of allylic oxidation sites excluding steroid dienone is 1. The van der Waals surface area contributed by atoms with E-state index < -0.39 is 31.2 Å². The predicted octanol–water partition coefficient (Wildman–Crippen LogP) is 5.11. The SMILES string of the molecule is COc1cc(OC)c(/C=C(\C(=O)c2ccc([N+](=O)[O-])cc2)S(=O)(=O)Cc2ccc(Cl)cc2)c(OC)c1. The Labute approximate surface area is 212 Å². The number of non-ortho nitro benzene ring substituents is 1. The molecular weight excluding hydrogens is 510 g/mol. The Bertz CT molecular complexity index is 1390. The fourth-order valence-electron chi connectivity index (χ4n) is 3.36. The second-order valence-corrected chi connectivity index (χ2v) is 9.87. The third kappa shape index (κ3) is 6.02. The highest BCUT2D eigenvalue weighted by Gasteiger charge is 2.28. The first-order valence-electron chi connectivity index (χ1n) is 10.4. The van der Waals surface area contributed by atoms with Crippen molar-refractivity contribution in [2.24, 2.45) is 0 Å². The molecule has 0 aliphatic heterocycles. The van der Waals surface area contributed by atoms with Crippen LogP contribution < -0.4 is 14.2 Å². The average Bonchev–Trinajstić information content (AvgIpc) is 2.87. The number of carbonyl (C=O) groups excluding carboxylic acids is 1. The second kappa shape index (κ2) is 11.2. The van der Waals surface area contributed by atoms with Gasteiger partial charge in [-0.25, -0.2) is 8.42 Å². The van der Waals surface area contributed by atoms with Crippen LogP contribution in [0.15, 0.2) is 65.6 Å². The van der Waals surface area contributed by atoms with Gasteiger partial charge in [0.1, 0.15) is 22.2 Å². The van der Waals surface area contributed by atoms with Gasteiger partial charge in [-0.3, -0.25) is 14.9 Å². The maximum atomic E-state index is 13.6. The van der Waals surface area contributed by atoms with Crippen molar-refractivity contribution in [2.75, 3.05) is 21.3 Å². The van der Waals surface area contributed by atoms with E-state index in [1.807, 2.05) is 0 Å². The Morgan fingerprint density at radius 1 is 0.944 bits per heavy atom. The molecule has 0 amide bonds. The molecule has 0 aliphatic carbocycles. The number of nitrogens with zero attached hydrogens (tertiary/aromatic N) is 1. The van der Waals surface area contributed by atoms with Crippen molar-refractivity contribution in [1.29, 1.82) is 0 Å². The molecule has 0 aromatic heterocycles. The van der Waals surface area contributed by atoms with Gasteiger partial charge in [-0.2, -0.15) is 0 Å². The van der Waals surface area contributed by atoms with Crippen LogP contribution in [0.4, 0.5) is 5.69 Å². The molecule has 3 aromatic carbocycles. The van der Waals surface area contributed by atoms with E-state index in [0.717, 1.165) is 12.1 Å². The van der Waals surface area contributed by atoms with Crippen molar-refractivity contribution in [3.63, 3.8) is 0 Å². The number of rotatable bonds is 10. The topological polar surface area (TPSA) is 122 Å². The first kappa shape index (κ1) is 26.7. The first-order valence-corrected chi connectivity index (χ1v) is 12.4. The second-order valence-electron chi connectivity index (χ2n) is 7.47. The highest BCUT2D eigenvalue weighted by atomic mass is 35.5. The Hall–Kier alpha value is -3.89. The maximum absolute atomic E-state index is 13.6. The van der Waals surface area contributed by atoms with Crippen LogP contribution in [0.5, 0.6) is 17.2 Å². The number of benzene rings is 3. The Morgan fingerprint density at radius 3 is 1.97 bits per heavy atom. The number of hydrogen-bond acceptors (Lipinski definition) is 8. The molecule has 0 heterocycles. The summed E-state index contributed by atoms with van der Waals surface area (Å²) in [5.41, 5.74) is 0.332. The van der Waals surface area contributed by atoms with Crippen molar-refractivity contribution in [3.05, 3.63) is 97.4 Å². The molecule has 0 aliphatic rings. The Morgan fingerprint density at radius 2 is 1.50 bits per heavy atom. The van der Waals surface area contributed by atoms with Gasteiger partial charge in [0.2, 0.25) is 5.78 Å². The lowest BCUT2D eigenvalue weighted by Gasteiger charge is -2.15. The minimum atomic E-state index is -4.23.